The first-order valence-corrected chi connectivity index (χ1v) is 7.25. The lowest BCUT2D eigenvalue weighted by Crippen LogP contribution is -2.16. The van der Waals surface area contributed by atoms with Gasteiger partial charge in [-0.15, -0.1) is 0 Å². The van der Waals surface area contributed by atoms with Crippen LogP contribution in [-0.2, 0) is 0 Å². The molecule has 2 rings (SSSR count). The predicted octanol–water partition coefficient (Wildman–Crippen LogP) is 5.12. The topological polar surface area (TPSA) is 24.9 Å². The Kier molecular flexibility index (Phi) is 4.65. The molecule has 1 aromatic carbocycles. The van der Waals surface area contributed by atoms with Crippen LogP contribution < -0.4 is 5.32 Å². The first kappa shape index (κ1) is 14.1. The lowest BCUT2D eigenvalue weighted by Gasteiger charge is -2.17. The van der Waals surface area contributed by atoms with Crippen molar-refractivity contribution in [3.05, 3.63) is 35.5 Å². The molecule has 0 saturated carbocycles. The van der Waals surface area contributed by atoms with Crippen molar-refractivity contribution >= 4 is 28.2 Å². The highest BCUT2D eigenvalue weighted by atomic mass is 35.5. The van der Waals surface area contributed by atoms with Gasteiger partial charge in [-0.05, 0) is 49.9 Å². The zero-order chi connectivity index (χ0) is 13.8. The lowest BCUT2D eigenvalue weighted by molar-refractivity contribution is 0.528. The molecule has 0 aliphatic carbocycles. The van der Waals surface area contributed by atoms with Gasteiger partial charge in [0.2, 0.25) is 0 Å². The Balaban J connectivity index is 2.19. The fourth-order valence-corrected chi connectivity index (χ4v) is 2.39. The molecular formula is C16H21ClN2. The van der Waals surface area contributed by atoms with Gasteiger partial charge >= 0.3 is 0 Å². The van der Waals surface area contributed by atoms with Gasteiger partial charge in [0.1, 0.15) is 0 Å². The highest BCUT2D eigenvalue weighted by Gasteiger charge is 2.09. The molecule has 3 heteroatoms. The van der Waals surface area contributed by atoms with Crippen LogP contribution in [0.25, 0.3) is 10.9 Å². The molecule has 2 aromatic rings. The van der Waals surface area contributed by atoms with Gasteiger partial charge in [0, 0.05) is 17.6 Å². The number of fused-ring (bicyclic) bond motifs is 1. The van der Waals surface area contributed by atoms with E-state index in [9.17, 15) is 0 Å². The van der Waals surface area contributed by atoms with Crippen molar-refractivity contribution in [2.24, 2.45) is 5.92 Å². The zero-order valence-electron chi connectivity index (χ0n) is 11.8. The summed E-state index contributed by atoms with van der Waals surface area (Å²) in [6, 6.07) is 8.32. The van der Waals surface area contributed by atoms with E-state index in [0.29, 0.717) is 6.04 Å². The van der Waals surface area contributed by atoms with Gasteiger partial charge in [0.25, 0.3) is 0 Å². The Morgan fingerprint density at radius 3 is 2.68 bits per heavy atom. The van der Waals surface area contributed by atoms with Crippen molar-refractivity contribution in [3.8, 4) is 0 Å². The van der Waals surface area contributed by atoms with E-state index in [0.717, 1.165) is 34.0 Å². The number of anilines is 1. The van der Waals surface area contributed by atoms with Gasteiger partial charge in [-0.2, -0.15) is 0 Å². The largest absolute Gasteiger partial charge is 0.381 e. The third kappa shape index (κ3) is 3.60. The number of halogens is 1. The molecule has 0 aliphatic heterocycles. The smallest absolute Gasteiger partial charge is 0.0948 e. The molecule has 0 aliphatic rings. The summed E-state index contributed by atoms with van der Waals surface area (Å²) in [6.45, 7) is 6.73. The minimum Gasteiger partial charge on any atom is -0.381 e. The molecule has 19 heavy (non-hydrogen) atoms. The monoisotopic (exact) mass is 276 g/mol. The van der Waals surface area contributed by atoms with Crippen LogP contribution in [0.15, 0.2) is 30.5 Å². The first-order chi connectivity index (χ1) is 9.08. The molecule has 1 unspecified atom stereocenters. The molecule has 0 spiro atoms. The molecule has 1 heterocycles. The normalized spacial score (nSPS) is 12.9. The van der Waals surface area contributed by atoms with Crippen LogP contribution in [0.5, 0.6) is 0 Å². The molecular weight excluding hydrogens is 256 g/mol. The number of nitrogens with one attached hydrogen (secondary N) is 1. The third-order valence-corrected chi connectivity index (χ3v) is 3.62. The number of aromatic nitrogens is 1. The van der Waals surface area contributed by atoms with Crippen LogP contribution in [0.4, 0.5) is 5.69 Å². The zero-order valence-corrected chi connectivity index (χ0v) is 12.5. The van der Waals surface area contributed by atoms with Gasteiger partial charge in [-0.25, -0.2) is 0 Å². The van der Waals surface area contributed by atoms with Crippen molar-refractivity contribution in [2.75, 3.05) is 5.32 Å². The molecule has 1 atom stereocenters. The summed E-state index contributed by atoms with van der Waals surface area (Å²) in [4.78, 5) is 4.44. The van der Waals surface area contributed by atoms with E-state index in [1.165, 1.54) is 6.42 Å². The van der Waals surface area contributed by atoms with Gasteiger partial charge in [0.15, 0.2) is 0 Å². The van der Waals surface area contributed by atoms with Gasteiger partial charge in [-0.1, -0.05) is 25.4 Å². The molecule has 1 N–H and O–H groups in total. The highest BCUT2D eigenvalue weighted by Crippen LogP contribution is 2.28. The Labute approximate surface area is 120 Å². The Morgan fingerprint density at radius 1 is 1.16 bits per heavy atom. The fourth-order valence-electron chi connectivity index (χ4n) is 2.18. The number of benzene rings is 1. The Hall–Kier alpha value is -1.28. The predicted molar refractivity (Wildman–Crippen MR) is 83.9 cm³/mol. The summed E-state index contributed by atoms with van der Waals surface area (Å²) in [5.74, 6) is 0.740. The van der Waals surface area contributed by atoms with E-state index in [4.69, 9.17) is 11.6 Å². The van der Waals surface area contributed by atoms with Crippen molar-refractivity contribution in [2.45, 2.75) is 39.7 Å². The van der Waals surface area contributed by atoms with Crippen molar-refractivity contribution in [1.29, 1.82) is 0 Å². The molecule has 0 radical (unpaired) electrons. The second-order valence-electron chi connectivity index (χ2n) is 5.51. The second kappa shape index (κ2) is 6.25. The summed E-state index contributed by atoms with van der Waals surface area (Å²) < 4.78 is 0. The highest BCUT2D eigenvalue weighted by molar-refractivity contribution is 6.35. The minimum absolute atomic E-state index is 0.439. The molecule has 0 bridgehead atoms. The van der Waals surface area contributed by atoms with Crippen molar-refractivity contribution in [3.63, 3.8) is 0 Å². The molecule has 1 aromatic heterocycles. The van der Waals surface area contributed by atoms with E-state index < -0.39 is 0 Å². The standard InChI is InChI=1S/C16H21ClN2/c1-11(2)6-7-12(3)19-15-9-8-14(17)13-5-4-10-18-16(13)15/h4-5,8-12,19H,6-7H2,1-3H3. The Morgan fingerprint density at radius 2 is 1.95 bits per heavy atom. The summed E-state index contributed by atoms with van der Waals surface area (Å²) in [6.07, 6.45) is 4.20. The average Bonchev–Trinajstić information content (AvgIpc) is 2.40. The number of nitrogens with zero attached hydrogens (tertiary/aromatic N) is 1. The van der Waals surface area contributed by atoms with Crippen LogP contribution in [0.2, 0.25) is 5.02 Å². The number of rotatable bonds is 5. The lowest BCUT2D eigenvalue weighted by atomic mass is 10.0. The summed E-state index contributed by atoms with van der Waals surface area (Å²) in [5, 5.41) is 5.30. The van der Waals surface area contributed by atoms with Crippen LogP contribution in [0.1, 0.15) is 33.6 Å². The summed E-state index contributed by atoms with van der Waals surface area (Å²) in [7, 11) is 0. The average molecular weight is 277 g/mol. The summed E-state index contributed by atoms with van der Waals surface area (Å²) >= 11 is 6.20. The van der Waals surface area contributed by atoms with Crippen LogP contribution in [-0.4, -0.2) is 11.0 Å². The van der Waals surface area contributed by atoms with E-state index in [2.05, 4.69) is 31.1 Å². The first-order valence-electron chi connectivity index (χ1n) is 6.87. The number of hydrogen-bond donors (Lipinski definition) is 1. The second-order valence-corrected chi connectivity index (χ2v) is 5.92. The van der Waals surface area contributed by atoms with Crippen LogP contribution >= 0.6 is 11.6 Å². The van der Waals surface area contributed by atoms with E-state index >= 15 is 0 Å². The van der Waals surface area contributed by atoms with E-state index in [1.807, 2.05) is 30.5 Å². The van der Waals surface area contributed by atoms with Crippen molar-refractivity contribution < 1.29 is 0 Å². The number of hydrogen-bond acceptors (Lipinski definition) is 2. The van der Waals surface area contributed by atoms with E-state index in [1.54, 1.807) is 0 Å². The quantitative estimate of drug-likeness (QED) is 0.819. The molecule has 0 amide bonds. The maximum atomic E-state index is 6.20. The van der Waals surface area contributed by atoms with Crippen LogP contribution in [0, 0.1) is 5.92 Å². The number of pyridine rings is 1. The molecule has 102 valence electrons. The SMILES string of the molecule is CC(C)CCC(C)Nc1ccc(Cl)c2cccnc12. The molecule has 2 nitrogen and oxygen atoms in total. The Bertz CT molecular complexity index is 551. The van der Waals surface area contributed by atoms with Gasteiger partial charge in [-0.3, -0.25) is 4.98 Å². The maximum absolute atomic E-state index is 6.20. The van der Waals surface area contributed by atoms with Gasteiger partial charge in [0.05, 0.1) is 16.2 Å². The molecule has 0 saturated heterocycles. The third-order valence-electron chi connectivity index (χ3n) is 3.30. The van der Waals surface area contributed by atoms with Gasteiger partial charge < -0.3 is 5.32 Å². The summed E-state index contributed by atoms with van der Waals surface area (Å²) in [5.41, 5.74) is 2.02. The van der Waals surface area contributed by atoms with Crippen LogP contribution in [0.3, 0.4) is 0 Å². The van der Waals surface area contributed by atoms with E-state index in [-0.39, 0.29) is 0 Å². The minimum atomic E-state index is 0.439. The fraction of sp³-hybridized carbons (Fsp3) is 0.438. The maximum Gasteiger partial charge on any atom is 0.0948 e. The molecule has 0 fully saturated rings. The van der Waals surface area contributed by atoms with Crippen molar-refractivity contribution in [1.82, 2.24) is 4.98 Å².